The number of hydrazone groups is 1. The van der Waals surface area contributed by atoms with E-state index in [1.54, 1.807) is 12.1 Å². The summed E-state index contributed by atoms with van der Waals surface area (Å²) in [6.45, 7) is 8.90. The fourth-order valence-electron chi connectivity index (χ4n) is 3.22. The molecule has 0 bridgehead atoms. The van der Waals surface area contributed by atoms with E-state index in [1.165, 1.54) is 9.13 Å². The molecule has 0 fully saturated rings. The first-order valence-corrected chi connectivity index (χ1v) is 9.07. The van der Waals surface area contributed by atoms with Crippen molar-refractivity contribution in [1.29, 1.82) is 0 Å². The van der Waals surface area contributed by atoms with Crippen LogP contribution in [0.1, 0.15) is 46.6 Å². The Bertz CT molecular complexity index is 1010. The van der Waals surface area contributed by atoms with Gasteiger partial charge in [-0.05, 0) is 27.2 Å². The molecule has 0 aromatic carbocycles. The van der Waals surface area contributed by atoms with E-state index in [9.17, 15) is 9.59 Å². The normalized spacial score (nSPS) is 17.2. The van der Waals surface area contributed by atoms with E-state index < -0.39 is 0 Å². The van der Waals surface area contributed by atoms with Crippen LogP contribution in [-0.2, 0) is 13.6 Å². The molecule has 0 radical (unpaired) electrons. The third-order valence-corrected chi connectivity index (χ3v) is 4.91. The van der Waals surface area contributed by atoms with Crippen LogP contribution in [0.2, 0.25) is 0 Å². The summed E-state index contributed by atoms with van der Waals surface area (Å²) >= 11 is 0. The lowest BCUT2D eigenvalue weighted by Crippen LogP contribution is -2.40. The van der Waals surface area contributed by atoms with Crippen LogP contribution in [0.25, 0.3) is 11.2 Å². The largest absolute Gasteiger partial charge is 0.332 e. The summed E-state index contributed by atoms with van der Waals surface area (Å²) in [6.07, 6.45) is 5.63. The van der Waals surface area contributed by atoms with Crippen LogP contribution >= 0.6 is 0 Å². The Morgan fingerprint density at radius 2 is 2.00 bits per heavy atom. The molecular formula is C18H26N6O2. The van der Waals surface area contributed by atoms with Crippen LogP contribution in [-0.4, -0.2) is 30.9 Å². The molecule has 140 valence electrons. The second kappa shape index (κ2) is 6.93. The topological polar surface area (TPSA) is 77.4 Å². The molecule has 1 aliphatic rings. The highest BCUT2D eigenvalue weighted by atomic mass is 16.2. The van der Waals surface area contributed by atoms with E-state index in [0.29, 0.717) is 30.2 Å². The average molecular weight is 358 g/mol. The van der Waals surface area contributed by atoms with Gasteiger partial charge in [-0.3, -0.25) is 18.5 Å². The van der Waals surface area contributed by atoms with E-state index in [2.05, 4.69) is 10.1 Å². The zero-order valence-corrected chi connectivity index (χ0v) is 16.1. The highest BCUT2D eigenvalue weighted by Gasteiger charge is 2.30. The first-order valence-electron chi connectivity index (χ1n) is 9.07. The number of hydrogen-bond donors (Lipinski definition) is 0. The maximum Gasteiger partial charge on any atom is 0.332 e. The van der Waals surface area contributed by atoms with Crippen LogP contribution in [0.5, 0.6) is 0 Å². The minimum absolute atomic E-state index is 0.0957. The second-order valence-corrected chi connectivity index (χ2v) is 6.67. The Balaban J connectivity index is 2.32. The zero-order valence-electron chi connectivity index (χ0n) is 16.1. The maximum atomic E-state index is 13.1. The molecule has 1 atom stereocenters. The number of allylic oxidation sites excluding steroid dienone is 1. The molecule has 8 heteroatoms. The molecule has 8 nitrogen and oxygen atoms in total. The molecule has 2 aromatic heterocycles. The summed E-state index contributed by atoms with van der Waals surface area (Å²) < 4.78 is 4.70. The fourth-order valence-corrected chi connectivity index (χ4v) is 3.22. The Hall–Kier alpha value is -2.64. The van der Waals surface area contributed by atoms with Gasteiger partial charge in [0.2, 0.25) is 5.95 Å². The minimum Gasteiger partial charge on any atom is -0.294 e. The lowest BCUT2D eigenvalue weighted by Gasteiger charge is -2.28. The van der Waals surface area contributed by atoms with Gasteiger partial charge in [-0.2, -0.15) is 10.1 Å². The fraction of sp³-hybridized carbons (Fsp3) is 0.556. The van der Waals surface area contributed by atoms with E-state index in [4.69, 9.17) is 0 Å². The molecule has 0 aliphatic carbocycles. The molecule has 3 heterocycles. The number of fused-ring (bicyclic) bond motifs is 3. The first kappa shape index (κ1) is 18.2. The minimum atomic E-state index is -0.323. The lowest BCUT2D eigenvalue weighted by molar-refractivity contribution is 0.563. The van der Waals surface area contributed by atoms with Crippen molar-refractivity contribution in [3.05, 3.63) is 33.0 Å². The highest BCUT2D eigenvalue weighted by molar-refractivity contribution is 5.91. The molecule has 2 aromatic rings. The van der Waals surface area contributed by atoms with Crippen molar-refractivity contribution in [2.24, 2.45) is 12.1 Å². The van der Waals surface area contributed by atoms with Gasteiger partial charge in [-0.25, -0.2) is 9.80 Å². The van der Waals surface area contributed by atoms with Gasteiger partial charge in [0, 0.05) is 13.6 Å². The number of anilines is 1. The summed E-state index contributed by atoms with van der Waals surface area (Å²) in [5.41, 5.74) is 1.17. The van der Waals surface area contributed by atoms with Crippen LogP contribution in [0.15, 0.2) is 26.8 Å². The molecule has 0 amide bonds. The van der Waals surface area contributed by atoms with Gasteiger partial charge in [0.25, 0.3) is 5.56 Å². The Morgan fingerprint density at radius 3 is 2.65 bits per heavy atom. The van der Waals surface area contributed by atoms with Crippen LogP contribution in [0.4, 0.5) is 5.95 Å². The van der Waals surface area contributed by atoms with Gasteiger partial charge in [-0.1, -0.05) is 25.5 Å². The van der Waals surface area contributed by atoms with Crippen LogP contribution in [0.3, 0.4) is 0 Å². The molecular weight excluding hydrogens is 332 g/mol. The van der Waals surface area contributed by atoms with E-state index in [0.717, 1.165) is 18.6 Å². The molecule has 0 spiro atoms. The third-order valence-electron chi connectivity index (χ3n) is 4.91. The summed E-state index contributed by atoms with van der Waals surface area (Å²) in [6, 6.07) is -0.0957. The molecule has 26 heavy (non-hydrogen) atoms. The SMILES string of the molecule is C/C=C/CN1N=C(C)[C@H](C)n2c1nc1c2c(=O)n(CCCC)c(=O)n1C. The Kier molecular flexibility index (Phi) is 4.84. The van der Waals surface area contributed by atoms with Crippen molar-refractivity contribution in [2.45, 2.75) is 53.1 Å². The second-order valence-electron chi connectivity index (χ2n) is 6.67. The third kappa shape index (κ3) is 2.69. The number of aryl methyl sites for hydroxylation is 1. The van der Waals surface area contributed by atoms with Crippen LogP contribution < -0.4 is 16.3 Å². The Labute approximate surface area is 152 Å². The molecule has 0 saturated heterocycles. The first-order chi connectivity index (χ1) is 12.4. The summed E-state index contributed by atoms with van der Waals surface area (Å²) in [5, 5.41) is 6.38. The number of hydrogen-bond acceptors (Lipinski definition) is 5. The van der Waals surface area contributed by atoms with Gasteiger partial charge in [0.15, 0.2) is 11.2 Å². The lowest BCUT2D eigenvalue weighted by atomic mass is 10.2. The standard InChI is InChI=1S/C18H26N6O2/c1-6-8-10-22-16(25)14-15(21(5)18(22)26)19-17-23(11-9-7-2)20-12(3)13(4)24(14)17/h7,9,13H,6,8,10-11H2,1-5H3/b9-7+/t13-/m0/s1. The zero-order chi connectivity index (χ0) is 19.0. The number of aromatic nitrogens is 4. The summed E-state index contributed by atoms with van der Waals surface area (Å²) in [5.74, 6) is 0.594. The van der Waals surface area contributed by atoms with Crippen molar-refractivity contribution in [1.82, 2.24) is 18.7 Å². The van der Waals surface area contributed by atoms with Crippen molar-refractivity contribution in [2.75, 3.05) is 11.6 Å². The molecule has 3 rings (SSSR count). The van der Waals surface area contributed by atoms with Crippen molar-refractivity contribution < 1.29 is 0 Å². The molecule has 0 unspecified atom stereocenters. The van der Waals surface area contributed by atoms with Crippen molar-refractivity contribution in [3.63, 3.8) is 0 Å². The van der Waals surface area contributed by atoms with Crippen LogP contribution in [0, 0.1) is 0 Å². The number of unbranched alkanes of at least 4 members (excludes halogenated alkanes) is 1. The molecule has 0 saturated carbocycles. The smallest absolute Gasteiger partial charge is 0.294 e. The quantitative estimate of drug-likeness (QED) is 0.766. The average Bonchev–Trinajstić information content (AvgIpc) is 3.03. The monoisotopic (exact) mass is 358 g/mol. The van der Waals surface area contributed by atoms with Gasteiger partial charge in [-0.15, -0.1) is 0 Å². The van der Waals surface area contributed by atoms with E-state index >= 15 is 0 Å². The van der Waals surface area contributed by atoms with Gasteiger partial charge >= 0.3 is 5.69 Å². The summed E-state index contributed by atoms with van der Waals surface area (Å²) in [4.78, 5) is 30.4. The number of rotatable bonds is 5. The maximum absolute atomic E-state index is 13.1. The predicted octanol–water partition coefficient (Wildman–Crippen LogP) is 2.03. The molecule has 0 N–H and O–H groups in total. The van der Waals surface area contributed by atoms with Gasteiger partial charge in [0.1, 0.15) is 0 Å². The van der Waals surface area contributed by atoms with Crippen molar-refractivity contribution >= 4 is 22.8 Å². The summed E-state index contributed by atoms with van der Waals surface area (Å²) in [7, 11) is 1.67. The Morgan fingerprint density at radius 1 is 1.27 bits per heavy atom. The van der Waals surface area contributed by atoms with Crippen molar-refractivity contribution in [3.8, 4) is 0 Å². The number of nitrogens with zero attached hydrogens (tertiary/aromatic N) is 6. The van der Waals surface area contributed by atoms with E-state index in [-0.39, 0.29) is 17.3 Å². The molecule has 1 aliphatic heterocycles. The van der Waals surface area contributed by atoms with E-state index in [1.807, 2.05) is 44.4 Å². The number of imidazole rings is 1. The van der Waals surface area contributed by atoms with Gasteiger partial charge < -0.3 is 0 Å². The highest BCUT2D eigenvalue weighted by Crippen LogP contribution is 2.29. The predicted molar refractivity (Wildman–Crippen MR) is 104 cm³/mol. The van der Waals surface area contributed by atoms with Gasteiger partial charge in [0.05, 0.1) is 18.3 Å².